The van der Waals surface area contributed by atoms with Gasteiger partial charge in [0.15, 0.2) is 0 Å². The van der Waals surface area contributed by atoms with Gasteiger partial charge < -0.3 is 4.74 Å². The van der Waals surface area contributed by atoms with E-state index in [1.54, 1.807) is 24.3 Å². The Bertz CT molecular complexity index is 1680. The minimum absolute atomic E-state index is 0.168. The summed E-state index contributed by atoms with van der Waals surface area (Å²) in [6, 6.07) is 33.3. The molecule has 6 rings (SSSR count). The smallest absolute Gasteiger partial charge is 0.245 e. The van der Waals surface area contributed by atoms with Gasteiger partial charge >= 0.3 is 0 Å². The number of hydrogen-bond donors (Lipinski definition) is 0. The molecule has 2 aliphatic heterocycles. The third-order valence-corrected chi connectivity index (χ3v) is 11.6. The predicted molar refractivity (Wildman–Crippen MR) is 154 cm³/mol. The second-order valence-corrected chi connectivity index (χ2v) is 13.9. The van der Waals surface area contributed by atoms with E-state index in [-0.39, 0.29) is 48.9 Å². The van der Waals surface area contributed by atoms with Gasteiger partial charge in [0.1, 0.15) is 5.72 Å². The fourth-order valence-electron chi connectivity index (χ4n) is 5.58. The molecule has 40 heavy (non-hydrogen) atoms. The molecule has 0 atom stereocenters. The zero-order chi connectivity index (χ0) is 27.8. The second kappa shape index (κ2) is 10.6. The molecule has 206 valence electrons. The van der Waals surface area contributed by atoms with Crippen LogP contribution in [0.2, 0.25) is 0 Å². The summed E-state index contributed by atoms with van der Waals surface area (Å²) in [5.74, 6) is 0. The lowest BCUT2D eigenvalue weighted by Gasteiger charge is -2.42. The maximum atomic E-state index is 13.7. The van der Waals surface area contributed by atoms with Crippen molar-refractivity contribution in [3.05, 3.63) is 109 Å². The number of nitrogens with zero attached hydrogens (tertiary/aromatic N) is 2. The fourth-order valence-corrected chi connectivity index (χ4v) is 8.74. The second-order valence-electron chi connectivity index (χ2n) is 10.1. The van der Waals surface area contributed by atoms with E-state index in [1.807, 2.05) is 84.9 Å². The molecule has 0 amide bonds. The summed E-state index contributed by atoms with van der Waals surface area (Å²) in [4.78, 5) is 0.420. The van der Waals surface area contributed by atoms with E-state index in [0.717, 1.165) is 22.3 Å². The van der Waals surface area contributed by atoms with E-state index < -0.39 is 25.8 Å². The molecule has 9 heteroatoms. The highest BCUT2D eigenvalue weighted by atomic mass is 32.2. The first kappa shape index (κ1) is 26.9. The minimum atomic E-state index is -3.84. The maximum absolute atomic E-state index is 13.7. The largest absolute Gasteiger partial charge is 0.358 e. The first-order valence-electron chi connectivity index (χ1n) is 13.3. The topological polar surface area (TPSA) is 84.0 Å². The van der Waals surface area contributed by atoms with Crippen molar-refractivity contribution in [2.24, 2.45) is 0 Å². The Morgan fingerprint density at radius 3 is 1.43 bits per heavy atom. The van der Waals surface area contributed by atoms with Gasteiger partial charge in [0.25, 0.3) is 0 Å². The van der Waals surface area contributed by atoms with E-state index in [4.69, 9.17) is 4.74 Å². The monoisotopic (exact) mass is 574 g/mol. The Hall–Kier alpha value is -3.34. The summed E-state index contributed by atoms with van der Waals surface area (Å²) in [6.45, 7) is 0.842. The SMILES string of the molecule is O=S(=O)(c1ccc(-c2ccccc2)cc1)N1CCC2(CC1)OCCN2S(=O)(=O)c1ccc(-c2ccccc2)cc1. The predicted octanol–water partition coefficient (Wildman–Crippen LogP) is 5.22. The molecule has 0 bridgehead atoms. The van der Waals surface area contributed by atoms with E-state index in [1.165, 1.54) is 8.61 Å². The Balaban J connectivity index is 1.18. The number of hydrogen-bond acceptors (Lipinski definition) is 5. The summed E-state index contributed by atoms with van der Waals surface area (Å²) in [6.07, 6.45) is 0.519. The molecular weight excluding hydrogens is 544 g/mol. The van der Waals surface area contributed by atoms with Crippen molar-refractivity contribution in [3.63, 3.8) is 0 Å². The lowest BCUT2D eigenvalue weighted by Crippen LogP contribution is -2.55. The summed E-state index contributed by atoms with van der Waals surface area (Å²) in [5, 5.41) is 0. The molecule has 4 aromatic rings. The lowest BCUT2D eigenvalue weighted by atomic mass is 10.0. The Morgan fingerprint density at radius 1 is 0.525 bits per heavy atom. The van der Waals surface area contributed by atoms with E-state index in [9.17, 15) is 16.8 Å². The number of ether oxygens (including phenoxy) is 1. The molecule has 2 heterocycles. The molecule has 0 unspecified atom stereocenters. The molecule has 0 N–H and O–H groups in total. The summed E-state index contributed by atoms with van der Waals surface area (Å²) < 4.78 is 63.2. The van der Waals surface area contributed by atoms with Crippen LogP contribution in [0.3, 0.4) is 0 Å². The lowest BCUT2D eigenvalue weighted by molar-refractivity contribution is -0.0806. The van der Waals surface area contributed by atoms with Crippen molar-refractivity contribution in [2.45, 2.75) is 28.4 Å². The first-order valence-corrected chi connectivity index (χ1v) is 16.2. The summed E-state index contributed by atoms with van der Waals surface area (Å²) in [7, 11) is -7.58. The van der Waals surface area contributed by atoms with Crippen LogP contribution in [0.15, 0.2) is 119 Å². The van der Waals surface area contributed by atoms with Crippen LogP contribution in [0.5, 0.6) is 0 Å². The standard InChI is InChI=1S/C31H30N2O5S2/c34-39(35,29-15-11-27(12-16-29)25-7-3-1-4-8-25)32-21-19-31(20-22-32)33(23-24-38-31)40(36,37)30-17-13-28(14-18-30)26-9-5-2-6-10-26/h1-18H,19-24H2. The average Bonchev–Trinajstić information content (AvgIpc) is 3.42. The highest BCUT2D eigenvalue weighted by molar-refractivity contribution is 7.89. The van der Waals surface area contributed by atoms with Crippen LogP contribution in [0.4, 0.5) is 0 Å². The van der Waals surface area contributed by atoms with Crippen LogP contribution in [-0.2, 0) is 24.8 Å². The minimum Gasteiger partial charge on any atom is -0.358 e. The van der Waals surface area contributed by atoms with Gasteiger partial charge in [-0.15, -0.1) is 0 Å². The van der Waals surface area contributed by atoms with Crippen LogP contribution in [0.25, 0.3) is 22.3 Å². The Kier molecular flexibility index (Phi) is 7.10. The van der Waals surface area contributed by atoms with Crippen molar-refractivity contribution in [3.8, 4) is 22.3 Å². The maximum Gasteiger partial charge on any atom is 0.245 e. The molecular formula is C31H30N2O5S2. The number of rotatable bonds is 6. The zero-order valence-corrected chi connectivity index (χ0v) is 23.5. The molecule has 7 nitrogen and oxygen atoms in total. The van der Waals surface area contributed by atoms with Gasteiger partial charge in [0.2, 0.25) is 20.0 Å². The van der Waals surface area contributed by atoms with Crippen molar-refractivity contribution >= 4 is 20.0 Å². The number of sulfonamides is 2. The van der Waals surface area contributed by atoms with Crippen LogP contribution in [0, 0.1) is 0 Å². The van der Waals surface area contributed by atoms with Gasteiger partial charge in [-0.25, -0.2) is 16.8 Å². The molecule has 2 aliphatic rings. The highest BCUT2D eigenvalue weighted by Crippen LogP contribution is 2.39. The number of benzene rings is 4. The van der Waals surface area contributed by atoms with Crippen LogP contribution < -0.4 is 0 Å². The molecule has 0 aromatic heterocycles. The quantitative estimate of drug-likeness (QED) is 0.315. The third-order valence-electron chi connectivity index (χ3n) is 7.77. The normalized spacial score (nSPS) is 18.2. The molecule has 4 aromatic carbocycles. The van der Waals surface area contributed by atoms with Crippen LogP contribution in [0.1, 0.15) is 12.8 Å². The molecule has 0 radical (unpaired) electrons. The van der Waals surface area contributed by atoms with Gasteiger partial charge in [0, 0.05) is 32.5 Å². The molecule has 2 fully saturated rings. The van der Waals surface area contributed by atoms with E-state index in [0.29, 0.717) is 0 Å². The Morgan fingerprint density at radius 2 is 0.950 bits per heavy atom. The van der Waals surface area contributed by atoms with Gasteiger partial charge in [-0.2, -0.15) is 8.61 Å². The summed E-state index contributed by atoms with van der Waals surface area (Å²) >= 11 is 0. The van der Waals surface area contributed by atoms with E-state index in [2.05, 4.69) is 0 Å². The van der Waals surface area contributed by atoms with Gasteiger partial charge in [-0.3, -0.25) is 0 Å². The molecule has 1 spiro atoms. The Labute approximate surface area is 235 Å². The van der Waals surface area contributed by atoms with Gasteiger partial charge in [0.05, 0.1) is 16.4 Å². The molecule has 2 saturated heterocycles. The number of piperidine rings is 1. The fraction of sp³-hybridized carbons (Fsp3) is 0.226. The molecule has 0 aliphatic carbocycles. The zero-order valence-electron chi connectivity index (χ0n) is 21.9. The first-order chi connectivity index (χ1) is 19.3. The van der Waals surface area contributed by atoms with Gasteiger partial charge in [-0.1, -0.05) is 84.9 Å². The molecule has 0 saturated carbocycles. The third kappa shape index (κ3) is 4.88. The average molecular weight is 575 g/mol. The van der Waals surface area contributed by atoms with Crippen molar-refractivity contribution < 1.29 is 21.6 Å². The highest BCUT2D eigenvalue weighted by Gasteiger charge is 2.51. The van der Waals surface area contributed by atoms with Crippen molar-refractivity contribution in [1.29, 1.82) is 0 Å². The van der Waals surface area contributed by atoms with Crippen molar-refractivity contribution in [1.82, 2.24) is 8.61 Å². The van der Waals surface area contributed by atoms with E-state index >= 15 is 0 Å². The van der Waals surface area contributed by atoms with Crippen LogP contribution in [-0.4, -0.2) is 57.4 Å². The van der Waals surface area contributed by atoms with Crippen molar-refractivity contribution in [2.75, 3.05) is 26.2 Å². The van der Waals surface area contributed by atoms with Crippen LogP contribution >= 0.6 is 0 Å². The van der Waals surface area contributed by atoms with Gasteiger partial charge in [-0.05, 0) is 46.5 Å². The summed E-state index contributed by atoms with van der Waals surface area (Å²) in [5.41, 5.74) is 2.84.